The Balaban J connectivity index is 2.43. The predicted octanol–water partition coefficient (Wildman–Crippen LogP) is 2.77. The summed E-state index contributed by atoms with van der Waals surface area (Å²) in [7, 11) is 1.79. The SMILES string of the molecule is CCSc1cc2c(cc1Br)C(NC)C(=O)N2. The first-order chi connectivity index (χ1) is 7.67. The number of likely N-dealkylation sites (N-methyl/N-ethyl adjacent to an activating group) is 1. The van der Waals surface area contributed by atoms with E-state index in [1.54, 1.807) is 18.8 Å². The summed E-state index contributed by atoms with van der Waals surface area (Å²) in [5.74, 6) is 1.03. The highest BCUT2D eigenvalue weighted by atomic mass is 79.9. The van der Waals surface area contributed by atoms with Crippen LogP contribution in [0.3, 0.4) is 0 Å². The normalized spacial score (nSPS) is 18.4. The molecule has 1 aliphatic rings. The second-order valence-corrected chi connectivity index (χ2v) is 5.67. The van der Waals surface area contributed by atoms with E-state index in [1.165, 1.54) is 4.90 Å². The van der Waals surface area contributed by atoms with Crippen LogP contribution in [0.2, 0.25) is 0 Å². The first-order valence-electron chi connectivity index (χ1n) is 5.11. The molecular weight excluding hydrogens is 288 g/mol. The van der Waals surface area contributed by atoms with Crippen LogP contribution in [0.5, 0.6) is 0 Å². The molecule has 16 heavy (non-hydrogen) atoms. The smallest absolute Gasteiger partial charge is 0.246 e. The van der Waals surface area contributed by atoms with Gasteiger partial charge in [-0.2, -0.15) is 0 Å². The molecule has 1 atom stereocenters. The Kier molecular flexibility index (Phi) is 3.56. The molecule has 0 aliphatic carbocycles. The molecule has 1 heterocycles. The summed E-state index contributed by atoms with van der Waals surface area (Å²) in [6.45, 7) is 2.11. The number of fused-ring (bicyclic) bond motifs is 1. The Morgan fingerprint density at radius 3 is 2.94 bits per heavy atom. The van der Waals surface area contributed by atoms with Crippen LogP contribution in [0, 0.1) is 0 Å². The quantitative estimate of drug-likeness (QED) is 0.844. The van der Waals surface area contributed by atoms with Gasteiger partial charge in [-0.15, -0.1) is 11.8 Å². The van der Waals surface area contributed by atoms with Crippen molar-refractivity contribution in [1.82, 2.24) is 5.32 Å². The van der Waals surface area contributed by atoms with Crippen molar-refractivity contribution in [2.24, 2.45) is 0 Å². The fourth-order valence-electron chi connectivity index (χ4n) is 1.81. The molecular formula is C11H13BrN2OS. The summed E-state index contributed by atoms with van der Waals surface area (Å²) in [5.41, 5.74) is 1.93. The number of carbonyl (C=O) groups is 1. The summed E-state index contributed by atoms with van der Waals surface area (Å²) in [4.78, 5) is 12.8. The minimum absolute atomic E-state index is 0.0167. The highest BCUT2D eigenvalue weighted by Crippen LogP contribution is 2.38. The van der Waals surface area contributed by atoms with E-state index in [1.807, 2.05) is 12.1 Å². The van der Waals surface area contributed by atoms with Crippen LogP contribution in [0.1, 0.15) is 18.5 Å². The van der Waals surface area contributed by atoms with Crippen LogP contribution in [0.25, 0.3) is 0 Å². The van der Waals surface area contributed by atoms with Gasteiger partial charge in [0.05, 0.1) is 0 Å². The number of thioether (sulfide) groups is 1. The van der Waals surface area contributed by atoms with Crippen LogP contribution in [-0.4, -0.2) is 18.7 Å². The van der Waals surface area contributed by atoms with Crippen molar-refractivity contribution >= 4 is 39.3 Å². The first kappa shape index (κ1) is 12.0. The van der Waals surface area contributed by atoms with Crippen molar-refractivity contribution < 1.29 is 4.79 Å². The van der Waals surface area contributed by atoms with E-state index in [0.717, 1.165) is 21.5 Å². The van der Waals surface area contributed by atoms with Gasteiger partial charge in [0, 0.05) is 20.6 Å². The van der Waals surface area contributed by atoms with Gasteiger partial charge in [-0.05, 0) is 40.9 Å². The molecule has 2 rings (SSSR count). The van der Waals surface area contributed by atoms with Gasteiger partial charge < -0.3 is 10.6 Å². The maximum atomic E-state index is 11.6. The highest BCUT2D eigenvalue weighted by molar-refractivity contribution is 9.10. The van der Waals surface area contributed by atoms with E-state index in [9.17, 15) is 4.79 Å². The van der Waals surface area contributed by atoms with E-state index in [-0.39, 0.29) is 11.9 Å². The summed E-state index contributed by atoms with van der Waals surface area (Å²) in [5, 5.41) is 5.90. The number of hydrogen-bond donors (Lipinski definition) is 2. The Morgan fingerprint density at radius 1 is 1.56 bits per heavy atom. The van der Waals surface area contributed by atoms with Gasteiger partial charge in [-0.1, -0.05) is 6.92 Å². The van der Waals surface area contributed by atoms with Crippen LogP contribution >= 0.6 is 27.7 Å². The topological polar surface area (TPSA) is 41.1 Å². The van der Waals surface area contributed by atoms with E-state index in [2.05, 4.69) is 33.5 Å². The monoisotopic (exact) mass is 300 g/mol. The van der Waals surface area contributed by atoms with Crippen LogP contribution in [0.15, 0.2) is 21.5 Å². The van der Waals surface area contributed by atoms with Gasteiger partial charge in [0.15, 0.2) is 0 Å². The standard InChI is InChI=1S/C11H13BrN2OS/c1-3-16-9-5-8-6(4-7(9)12)10(13-2)11(15)14-8/h4-5,10,13H,3H2,1-2H3,(H,14,15). The zero-order valence-corrected chi connectivity index (χ0v) is 11.5. The van der Waals surface area contributed by atoms with Crippen LogP contribution in [0.4, 0.5) is 5.69 Å². The van der Waals surface area contributed by atoms with Gasteiger partial charge in [-0.3, -0.25) is 4.79 Å². The van der Waals surface area contributed by atoms with E-state index < -0.39 is 0 Å². The van der Waals surface area contributed by atoms with Crippen molar-refractivity contribution in [2.75, 3.05) is 18.1 Å². The molecule has 0 saturated carbocycles. The molecule has 0 bridgehead atoms. The van der Waals surface area contributed by atoms with Crippen molar-refractivity contribution in [3.63, 3.8) is 0 Å². The maximum absolute atomic E-state index is 11.6. The Bertz CT molecular complexity index is 436. The van der Waals surface area contributed by atoms with Gasteiger partial charge in [0.1, 0.15) is 6.04 Å². The number of nitrogens with one attached hydrogen (secondary N) is 2. The fraction of sp³-hybridized carbons (Fsp3) is 0.364. The molecule has 1 amide bonds. The molecule has 1 aliphatic heterocycles. The molecule has 1 aromatic carbocycles. The lowest BCUT2D eigenvalue weighted by Crippen LogP contribution is -2.23. The number of carbonyl (C=O) groups excluding carboxylic acids is 1. The molecule has 0 aromatic heterocycles. The van der Waals surface area contributed by atoms with Gasteiger partial charge in [0.25, 0.3) is 0 Å². The minimum Gasteiger partial charge on any atom is -0.324 e. The third-order valence-electron chi connectivity index (χ3n) is 2.52. The zero-order valence-electron chi connectivity index (χ0n) is 9.13. The van der Waals surface area contributed by atoms with Crippen molar-refractivity contribution in [3.05, 3.63) is 22.2 Å². The average molecular weight is 301 g/mol. The Morgan fingerprint density at radius 2 is 2.31 bits per heavy atom. The lowest BCUT2D eigenvalue weighted by atomic mass is 10.1. The van der Waals surface area contributed by atoms with E-state index in [0.29, 0.717) is 0 Å². The molecule has 1 unspecified atom stereocenters. The van der Waals surface area contributed by atoms with E-state index >= 15 is 0 Å². The van der Waals surface area contributed by atoms with E-state index in [4.69, 9.17) is 0 Å². The molecule has 0 spiro atoms. The zero-order chi connectivity index (χ0) is 11.7. The number of anilines is 1. The molecule has 0 fully saturated rings. The number of hydrogen-bond acceptors (Lipinski definition) is 3. The summed E-state index contributed by atoms with van der Waals surface area (Å²) in [6.07, 6.45) is 0. The molecule has 5 heteroatoms. The molecule has 0 saturated heterocycles. The number of amides is 1. The Labute approximate surface area is 108 Å². The summed E-state index contributed by atoms with van der Waals surface area (Å²) >= 11 is 5.30. The largest absolute Gasteiger partial charge is 0.324 e. The van der Waals surface area contributed by atoms with Crippen molar-refractivity contribution in [1.29, 1.82) is 0 Å². The van der Waals surface area contributed by atoms with Crippen molar-refractivity contribution in [2.45, 2.75) is 17.9 Å². The fourth-order valence-corrected chi connectivity index (χ4v) is 3.23. The lowest BCUT2D eigenvalue weighted by Gasteiger charge is -2.09. The first-order valence-corrected chi connectivity index (χ1v) is 6.89. The molecule has 3 nitrogen and oxygen atoms in total. The number of rotatable bonds is 3. The second-order valence-electron chi connectivity index (χ2n) is 3.51. The van der Waals surface area contributed by atoms with Gasteiger partial charge in [0.2, 0.25) is 5.91 Å². The Hall–Kier alpha value is -0.520. The minimum atomic E-state index is -0.230. The third-order valence-corrected chi connectivity index (χ3v) is 4.38. The molecule has 2 N–H and O–H groups in total. The summed E-state index contributed by atoms with van der Waals surface area (Å²) in [6, 6.07) is 3.82. The average Bonchev–Trinajstić information content (AvgIpc) is 2.54. The van der Waals surface area contributed by atoms with Gasteiger partial charge in [-0.25, -0.2) is 0 Å². The molecule has 1 aromatic rings. The molecule has 0 radical (unpaired) electrons. The van der Waals surface area contributed by atoms with Crippen LogP contribution in [-0.2, 0) is 4.79 Å². The predicted molar refractivity (Wildman–Crippen MR) is 71.0 cm³/mol. The van der Waals surface area contributed by atoms with Gasteiger partial charge >= 0.3 is 0 Å². The lowest BCUT2D eigenvalue weighted by molar-refractivity contribution is -0.117. The summed E-state index contributed by atoms with van der Waals surface area (Å²) < 4.78 is 1.05. The third kappa shape index (κ3) is 1.99. The second kappa shape index (κ2) is 4.77. The highest BCUT2D eigenvalue weighted by Gasteiger charge is 2.29. The number of benzene rings is 1. The number of halogens is 1. The maximum Gasteiger partial charge on any atom is 0.246 e. The van der Waals surface area contributed by atoms with Crippen LogP contribution < -0.4 is 10.6 Å². The molecule has 86 valence electrons. The van der Waals surface area contributed by atoms with Crippen molar-refractivity contribution in [3.8, 4) is 0 Å².